The van der Waals surface area contributed by atoms with E-state index in [-0.39, 0.29) is 6.04 Å². The van der Waals surface area contributed by atoms with Crippen molar-refractivity contribution >= 4 is 0 Å². The van der Waals surface area contributed by atoms with Gasteiger partial charge in [0, 0.05) is 36.9 Å². The molecule has 0 spiro atoms. The van der Waals surface area contributed by atoms with E-state index in [4.69, 9.17) is 5.73 Å². The molecule has 0 bridgehead atoms. The molecular weight excluding hydrogens is 200 g/mol. The Morgan fingerprint density at radius 1 is 1.56 bits per heavy atom. The third-order valence-electron chi connectivity index (χ3n) is 3.47. The molecule has 1 saturated heterocycles. The first-order valence-corrected chi connectivity index (χ1v) is 6.17. The van der Waals surface area contributed by atoms with E-state index in [1.165, 1.54) is 5.56 Å². The smallest absolute Gasteiger partial charge is 0.0538 e. The van der Waals surface area contributed by atoms with Crippen molar-refractivity contribution in [3.63, 3.8) is 0 Å². The molecule has 2 N–H and O–H groups in total. The molecule has 0 saturated carbocycles. The molecule has 1 aromatic rings. The number of hydrogen-bond donors (Lipinski definition) is 1. The maximum atomic E-state index is 6.21. The highest BCUT2D eigenvalue weighted by molar-refractivity contribution is 5.16. The van der Waals surface area contributed by atoms with Gasteiger partial charge in [0.2, 0.25) is 0 Å². The second-order valence-electron chi connectivity index (χ2n) is 4.86. The van der Waals surface area contributed by atoms with Gasteiger partial charge in [0.15, 0.2) is 0 Å². The number of aryl methyl sites for hydroxylation is 1. The van der Waals surface area contributed by atoms with Crippen LogP contribution in [-0.4, -0.2) is 33.3 Å². The third kappa shape index (κ3) is 1.99. The zero-order valence-corrected chi connectivity index (χ0v) is 10.4. The fraction of sp³-hybridized carbons (Fsp3) is 0.750. The summed E-state index contributed by atoms with van der Waals surface area (Å²) in [6.07, 6.45) is 5.18. The highest BCUT2D eigenvalue weighted by atomic mass is 15.3. The van der Waals surface area contributed by atoms with E-state index < -0.39 is 0 Å². The molecule has 0 aromatic carbocycles. The van der Waals surface area contributed by atoms with Crippen LogP contribution in [0.25, 0.3) is 0 Å². The van der Waals surface area contributed by atoms with Crippen LogP contribution in [0.2, 0.25) is 0 Å². The number of rotatable bonds is 3. The fourth-order valence-corrected chi connectivity index (χ4v) is 2.56. The molecule has 1 aliphatic rings. The van der Waals surface area contributed by atoms with Gasteiger partial charge in [-0.05, 0) is 27.2 Å². The van der Waals surface area contributed by atoms with E-state index in [2.05, 4.69) is 37.0 Å². The summed E-state index contributed by atoms with van der Waals surface area (Å²) in [5.41, 5.74) is 7.48. The van der Waals surface area contributed by atoms with Crippen molar-refractivity contribution in [2.45, 2.75) is 51.9 Å². The minimum Gasteiger partial charge on any atom is -0.326 e. The molecule has 1 aliphatic heterocycles. The van der Waals surface area contributed by atoms with E-state index in [1.807, 2.05) is 10.9 Å². The van der Waals surface area contributed by atoms with Crippen LogP contribution >= 0.6 is 0 Å². The minimum absolute atomic E-state index is 0.247. The Kier molecular flexibility index (Phi) is 3.30. The van der Waals surface area contributed by atoms with Crippen LogP contribution in [-0.2, 0) is 6.54 Å². The zero-order chi connectivity index (χ0) is 11.7. The van der Waals surface area contributed by atoms with Crippen molar-refractivity contribution in [3.8, 4) is 0 Å². The van der Waals surface area contributed by atoms with Crippen molar-refractivity contribution in [1.82, 2.24) is 14.7 Å². The van der Waals surface area contributed by atoms with Crippen LogP contribution in [0.5, 0.6) is 0 Å². The van der Waals surface area contributed by atoms with Gasteiger partial charge in [0.25, 0.3) is 0 Å². The Morgan fingerprint density at radius 3 is 2.88 bits per heavy atom. The van der Waals surface area contributed by atoms with Gasteiger partial charge in [-0.1, -0.05) is 0 Å². The van der Waals surface area contributed by atoms with Crippen LogP contribution in [0, 0.1) is 0 Å². The quantitative estimate of drug-likeness (QED) is 0.840. The Morgan fingerprint density at radius 2 is 2.31 bits per heavy atom. The zero-order valence-electron chi connectivity index (χ0n) is 10.4. The molecule has 2 unspecified atom stereocenters. The number of hydrogen-bond acceptors (Lipinski definition) is 3. The first-order valence-electron chi connectivity index (χ1n) is 6.17. The lowest BCUT2D eigenvalue weighted by molar-refractivity contribution is 0.198. The van der Waals surface area contributed by atoms with Crippen LogP contribution in [0.1, 0.15) is 38.8 Å². The maximum Gasteiger partial charge on any atom is 0.0538 e. The topological polar surface area (TPSA) is 47.1 Å². The average Bonchev–Trinajstić information content (AvgIpc) is 2.83. The van der Waals surface area contributed by atoms with E-state index in [0.717, 1.165) is 19.5 Å². The standard InChI is InChI=1S/C12H22N4/c1-4-15-8-10(7-14-15)12-11(13)5-6-16(12)9(2)3/h7-9,11-12H,4-6,13H2,1-3H3. The number of nitrogens with two attached hydrogens (primary N) is 1. The third-order valence-corrected chi connectivity index (χ3v) is 3.47. The van der Waals surface area contributed by atoms with Crippen LogP contribution in [0.15, 0.2) is 12.4 Å². The van der Waals surface area contributed by atoms with Gasteiger partial charge < -0.3 is 5.73 Å². The largest absolute Gasteiger partial charge is 0.326 e. The molecule has 16 heavy (non-hydrogen) atoms. The highest BCUT2D eigenvalue weighted by Gasteiger charge is 2.34. The van der Waals surface area contributed by atoms with Crippen molar-refractivity contribution in [2.24, 2.45) is 5.73 Å². The average molecular weight is 222 g/mol. The molecule has 2 heterocycles. The molecule has 90 valence electrons. The molecule has 0 radical (unpaired) electrons. The normalized spacial score (nSPS) is 26.8. The predicted molar refractivity (Wildman–Crippen MR) is 65.1 cm³/mol. The van der Waals surface area contributed by atoms with Crippen molar-refractivity contribution in [1.29, 1.82) is 0 Å². The number of aromatic nitrogens is 2. The van der Waals surface area contributed by atoms with Crippen molar-refractivity contribution in [2.75, 3.05) is 6.54 Å². The lowest BCUT2D eigenvalue weighted by Gasteiger charge is -2.29. The monoisotopic (exact) mass is 222 g/mol. The summed E-state index contributed by atoms with van der Waals surface area (Å²) >= 11 is 0. The molecule has 1 aromatic heterocycles. The Labute approximate surface area is 97.4 Å². The van der Waals surface area contributed by atoms with Crippen LogP contribution in [0.4, 0.5) is 0 Å². The SMILES string of the molecule is CCn1cc(C2C(N)CCN2C(C)C)cn1. The second kappa shape index (κ2) is 4.55. The summed E-state index contributed by atoms with van der Waals surface area (Å²) < 4.78 is 1.97. The molecular formula is C12H22N4. The van der Waals surface area contributed by atoms with Gasteiger partial charge in [0.05, 0.1) is 12.2 Å². The molecule has 4 nitrogen and oxygen atoms in total. The molecule has 2 rings (SSSR count). The summed E-state index contributed by atoms with van der Waals surface area (Å²) in [6, 6.07) is 1.14. The van der Waals surface area contributed by atoms with Gasteiger partial charge in [-0.25, -0.2) is 0 Å². The molecule has 0 amide bonds. The molecule has 0 aliphatic carbocycles. The summed E-state index contributed by atoms with van der Waals surface area (Å²) in [4.78, 5) is 2.47. The van der Waals surface area contributed by atoms with Crippen LogP contribution < -0.4 is 5.73 Å². The summed E-state index contributed by atoms with van der Waals surface area (Å²) in [5.74, 6) is 0. The van der Waals surface area contributed by atoms with Gasteiger partial charge >= 0.3 is 0 Å². The van der Waals surface area contributed by atoms with Gasteiger partial charge in [-0.2, -0.15) is 5.10 Å². The van der Waals surface area contributed by atoms with Gasteiger partial charge in [-0.15, -0.1) is 0 Å². The molecule has 4 heteroatoms. The first kappa shape index (κ1) is 11.6. The predicted octanol–water partition coefficient (Wildman–Crippen LogP) is 1.39. The highest BCUT2D eigenvalue weighted by Crippen LogP contribution is 2.32. The summed E-state index contributed by atoms with van der Waals surface area (Å²) in [5, 5.41) is 4.34. The Bertz CT molecular complexity index is 345. The maximum absolute atomic E-state index is 6.21. The van der Waals surface area contributed by atoms with Gasteiger partial charge in [0.1, 0.15) is 0 Å². The van der Waals surface area contributed by atoms with Crippen molar-refractivity contribution in [3.05, 3.63) is 18.0 Å². The minimum atomic E-state index is 0.247. The first-order chi connectivity index (χ1) is 7.63. The second-order valence-corrected chi connectivity index (χ2v) is 4.86. The van der Waals surface area contributed by atoms with Crippen LogP contribution in [0.3, 0.4) is 0 Å². The van der Waals surface area contributed by atoms with E-state index >= 15 is 0 Å². The number of likely N-dealkylation sites (tertiary alicyclic amines) is 1. The lowest BCUT2D eigenvalue weighted by atomic mass is 10.0. The summed E-state index contributed by atoms with van der Waals surface area (Å²) in [7, 11) is 0. The van der Waals surface area contributed by atoms with Crippen molar-refractivity contribution < 1.29 is 0 Å². The summed E-state index contributed by atoms with van der Waals surface area (Å²) in [6.45, 7) is 8.58. The lowest BCUT2D eigenvalue weighted by Crippen LogP contribution is -2.35. The number of nitrogens with zero attached hydrogens (tertiary/aromatic N) is 3. The molecule has 2 atom stereocenters. The van der Waals surface area contributed by atoms with Gasteiger partial charge in [-0.3, -0.25) is 9.58 Å². The Balaban J connectivity index is 2.22. The Hall–Kier alpha value is -0.870. The van der Waals surface area contributed by atoms with E-state index in [9.17, 15) is 0 Å². The van der Waals surface area contributed by atoms with E-state index in [0.29, 0.717) is 12.1 Å². The molecule has 1 fully saturated rings. The van der Waals surface area contributed by atoms with E-state index in [1.54, 1.807) is 0 Å². The fourth-order valence-electron chi connectivity index (χ4n) is 2.56.